The molecule has 0 aliphatic rings. The van der Waals surface area contributed by atoms with Gasteiger partial charge in [0.15, 0.2) is 8.32 Å². The molecule has 2 nitrogen and oxygen atoms in total. The van der Waals surface area contributed by atoms with Gasteiger partial charge in [0.25, 0.3) is 0 Å². The number of benzene rings is 1. The smallest absolute Gasteiger partial charge is 0.188 e. The first-order valence-electron chi connectivity index (χ1n) is 6.51. The molecule has 0 spiro atoms. The minimum absolute atomic E-state index is 0.108. The van der Waals surface area contributed by atoms with E-state index in [0.29, 0.717) is 0 Å². The predicted molar refractivity (Wildman–Crippen MR) is 76.4 cm³/mol. The third kappa shape index (κ3) is 6.01. The lowest BCUT2D eigenvalue weighted by Crippen LogP contribution is -2.39. The summed E-state index contributed by atoms with van der Waals surface area (Å²) in [4.78, 5) is 0. The van der Waals surface area contributed by atoms with Crippen LogP contribution in [0, 0.1) is 0 Å². The summed E-state index contributed by atoms with van der Waals surface area (Å²) in [5.74, 6) is 0. The van der Waals surface area contributed by atoms with Crippen molar-refractivity contribution >= 4 is 8.32 Å². The lowest BCUT2D eigenvalue weighted by molar-refractivity contribution is 0.188. The summed E-state index contributed by atoms with van der Waals surface area (Å²) >= 11 is 0. The van der Waals surface area contributed by atoms with Crippen LogP contribution in [0.25, 0.3) is 0 Å². The molecule has 3 heteroatoms. The zero-order valence-electron chi connectivity index (χ0n) is 11.3. The van der Waals surface area contributed by atoms with Crippen LogP contribution < -0.4 is 5.73 Å². The van der Waals surface area contributed by atoms with Crippen molar-refractivity contribution in [2.45, 2.75) is 51.6 Å². The van der Waals surface area contributed by atoms with Crippen molar-refractivity contribution in [1.29, 1.82) is 0 Å². The number of nitrogens with two attached hydrogens (primary N) is 1. The highest BCUT2D eigenvalue weighted by Gasteiger charge is 2.23. The molecule has 1 unspecified atom stereocenters. The predicted octanol–water partition coefficient (Wildman–Crippen LogP) is 3.54. The minimum atomic E-state index is -1.53. The van der Waals surface area contributed by atoms with Crippen LogP contribution in [0.2, 0.25) is 19.1 Å². The van der Waals surface area contributed by atoms with Crippen LogP contribution in [0.4, 0.5) is 0 Å². The average Bonchev–Trinajstić information content (AvgIpc) is 2.27. The highest BCUT2D eigenvalue weighted by molar-refractivity contribution is 6.71. The highest BCUT2D eigenvalue weighted by Crippen LogP contribution is 2.16. The Morgan fingerprint density at radius 2 is 1.88 bits per heavy atom. The van der Waals surface area contributed by atoms with Crippen molar-refractivity contribution < 1.29 is 4.43 Å². The first-order chi connectivity index (χ1) is 8.03. The Hall–Kier alpha value is -0.643. The van der Waals surface area contributed by atoms with Gasteiger partial charge in [0.05, 0.1) is 6.23 Å². The van der Waals surface area contributed by atoms with Gasteiger partial charge in [0.2, 0.25) is 0 Å². The average molecular weight is 251 g/mol. The number of aryl methyl sites for hydroxylation is 1. The molecule has 2 N–H and O–H groups in total. The number of rotatable bonds is 7. The van der Waals surface area contributed by atoms with E-state index in [1.807, 2.05) is 6.07 Å². The van der Waals surface area contributed by atoms with E-state index in [9.17, 15) is 0 Å². The molecule has 1 aromatic carbocycles. The molecule has 0 saturated heterocycles. The summed E-state index contributed by atoms with van der Waals surface area (Å²) in [5.41, 5.74) is 7.39. The van der Waals surface area contributed by atoms with Crippen molar-refractivity contribution in [2.75, 3.05) is 0 Å². The second kappa shape index (κ2) is 6.94. The molecule has 0 heterocycles. The molecule has 1 aromatic rings. The van der Waals surface area contributed by atoms with E-state index in [2.05, 4.69) is 44.3 Å². The standard InChI is InChI=1S/C14H25NOSi/c1-4-12-17(2,3)16-14(15)11-10-13-8-6-5-7-9-13/h5-9,14H,4,10-12,15H2,1-3H3. The van der Waals surface area contributed by atoms with Crippen molar-refractivity contribution in [3.63, 3.8) is 0 Å². The highest BCUT2D eigenvalue weighted by atomic mass is 28.4. The van der Waals surface area contributed by atoms with E-state index < -0.39 is 8.32 Å². The SMILES string of the molecule is CCC[Si](C)(C)OC(N)CCc1ccccc1. The van der Waals surface area contributed by atoms with Gasteiger partial charge in [-0.15, -0.1) is 0 Å². The van der Waals surface area contributed by atoms with E-state index in [4.69, 9.17) is 10.2 Å². The summed E-state index contributed by atoms with van der Waals surface area (Å²) in [6, 6.07) is 11.6. The van der Waals surface area contributed by atoms with Crippen molar-refractivity contribution in [3.8, 4) is 0 Å². The quantitative estimate of drug-likeness (QED) is 0.594. The lowest BCUT2D eigenvalue weighted by Gasteiger charge is -2.26. The molecule has 0 saturated carbocycles. The first-order valence-corrected chi connectivity index (χ1v) is 9.62. The van der Waals surface area contributed by atoms with Gasteiger partial charge in [-0.1, -0.05) is 43.7 Å². The maximum atomic E-state index is 6.05. The van der Waals surface area contributed by atoms with Gasteiger partial charge in [-0.25, -0.2) is 0 Å². The molecular formula is C14H25NOSi. The maximum absolute atomic E-state index is 6.05. The Labute approximate surface area is 106 Å². The molecule has 0 aliphatic carbocycles. The number of hydrogen-bond acceptors (Lipinski definition) is 2. The number of hydrogen-bond donors (Lipinski definition) is 1. The van der Waals surface area contributed by atoms with Crippen LogP contribution >= 0.6 is 0 Å². The Bertz CT molecular complexity index is 313. The molecule has 96 valence electrons. The molecule has 0 fully saturated rings. The van der Waals surface area contributed by atoms with Gasteiger partial charge in [0, 0.05) is 0 Å². The van der Waals surface area contributed by atoms with Crippen LogP contribution in [0.15, 0.2) is 30.3 Å². The summed E-state index contributed by atoms with van der Waals surface area (Å²) in [7, 11) is -1.53. The van der Waals surface area contributed by atoms with Gasteiger partial charge >= 0.3 is 0 Å². The van der Waals surface area contributed by atoms with Crippen molar-refractivity contribution in [1.82, 2.24) is 0 Å². The Balaban J connectivity index is 2.33. The minimum Gasteiger partial charge on any atom is -0.402 e. The van der Waals surface area contributed by atoms with E-state index in [0.717, 1.165) is 12.8 Å². The molecule has 0 bridgehead atoms. The lowest BCUT2D eigenvalue weighted by atomic mass is 10.1. The largest absolute Gasteiger partial charge is 0.402 e. The summed E-state index contributed by atoms with van der Waals surface area (Å²) < 4.78 is 6.02. The fourth-order valence-electron chi connectivity index (χ4n) is 2.08. The van der Waals surface area contributed by atoms with Gasteiger partial charge in [-0.05, 0) is 37.5 Å². The Morgan fingerprint density at radius 3 is 2.47 bits per heavy atom. The molecule has 1 rings (SSSR count). The molecule has 1 atom stereocenters. The fourth-order valence-corrected chi connectivity index (χ4v) is 4.34. The van der Waals surface area contributed by atoms with Gasteiger partial charge in [0.1, 0.15) is 0 Å². The monoisotopic (exact) mass is 251 g/mol. The third-order valence-corrected chi connectivity index (χ3v) is 5.53. The van der Waals surface area contributed by atoms with E-state index >= 15 is 0 Å². The first kappa shape index (κ1) is 14.4. The molecular weight excluding hydrogens is 226 g/mol. The van der Waals surface area contributed by atoms with Crippen LogP contribution in [-0.2, 0) is 10.8 Å². The van der Waals surface area contributed by atoms with Crippen LogP contribution in [0.5, 0.6) is 0 Å². The van der Waals surface area contributed by atoms with E-state index in [1.165, 1.54) is 18.0 Å². The van der Waals surface area contributed by atoms with Crippen LogP contribution in [-0.4, -0.2) is 14.5 Å². The Morgan fingerprint density at radius 1 is 1.24 bits per heavy atom. The van der Waals surface area contributed by atoms with Gasteiger partial charge in [-0.2, -0.15) is 0 Å². The Kier molecular flexibility index (Phi) is 5.89. The molecule has 0 aliphatic heterocycles. The van der Waals surface area contributed by atoms with E-state index in [1.54, 1.807) is 0 Å². The molecule has 0 aromatic heterocycles. The van der Waals surface area contributed by atoms with Crippen molar-refractivity contribution in [3.05, 3.63) is 35.9 Å². The second-order valence-corrected chi connectivity index (χ2v) is 9.45. The molecule has 0 amide bonds. The molecule has 17 heavy (non-hydrogen) atoms. The second-order valence-electron chi connectivity index (χ2n) is 5.19. The van der Waals surface area contributed by atoms with Crippen molar-refractivity contribution in [2.24, 2.45) is 5.73 Å². The maximum Gasteiger partial charge on any atom is 0.188 e. The van der Waals surface area contributed by atoms with Gasteiger partial charge in [-0.3, -0.25) is 0 Å². The summed E-state index contributed by atoms with van der Waals surface area (Å²) in [6.07, 6.45) is 2.98. The topological polar surface area (TPSA) is 35.2 Å². The summed E-state index contributed by atoms with van der Waals surface area (Å²) in [5, 5.41) is 0. The third-order valence-electron chi connectivity index (χ3n) is 2.88. The zero-order valence-corrected chi connectivity index (χ0v) is 12.3. The zero-order chi connectivity index (χ0) is 12.7. The van der Waals surface area contributed by atoms with E-state index in [-0.39, 0.29) is 6.23 Å². The summed E-state index contributed by atoms with van der Waals surface area (Å²) in [6.45, 7) is 6.70. The van der Waals surface area contributed by atoms with Crippen LogP contribution in [0.3, 0.4) is 0 Å². The van der Waals surface area contributed by atoms with Crippen LogP contribution in [0.1, 0.15) is 25.3 Å². The normalized spacial score (nSPS) is 13.6. The fraction of sp³-hybridized carbons (Fsp3) is 0.571. The molecule has 0 radical (unpaired) electrons. The van der Waals surface area contributed by atoms with Gasteiger partial charge < -0.3 is 10.2 Å².